The highest BCUT2D eigenvalue weighted by Gasteiger charge is 2.28. The van der Waals surface area contributed by atoms with Crippen LogP contribution in [0.2, 0.25) is 10.0 Å². The van der Waals surface area contributed by atoms with Gasteiger partial charge in [-0.25, -0.2) is 16.8 Å². The zero-order chi connectivity index (χ0) is 29.9. The minimum Gasteiger partial charge on any atom is -0.325 e. The summed E-state index contributed by atoms with van der Waals surface area (Å²) in [4.78, 5) is 13.1. The van der Waals surface area contributed by atoms with E-state index < -0.39 is 32.5 Å². The van der Waals surface area contributed by atoms with Gasteiger partial charge in [0.25, 0.3) is 20.0 Å². The van der Waals surface area contributed by atoms with Crippen LogP contribution in [0.4, 0.5) is 17.1 Å². The number of benzene rings is 4. The van der Waals surface area contributed by atoms with Crippen LogP contribution in [0.15, 0.2) is 94.7 Å². The van der Waals surface area contributed by atoms with Crippen molar-refractivity contribution in [2.24, 2.45) is 0 Å². The van der Waals surface area contributed by atoms with Crippen LogP contribution in [-0.4, -0.2) is 29.3 Å². The zero-order valence-electron chi connectivity index (χ0n) is 22.4. The fraction of sp³-hybridized carbons (Fsp3) is 0.138. The highest BCUT2D eigenvalue weighted by molar-refractivity contribution is 7.93. The van der Waals surface area contributed by atoms with Gasteiger partial charge in [-0.15, -0.1) is 0 Å². The Bertz CT molecular complexity index is 1810. The topological polar surface area (TPSA) is 113 Å². The second kappa shape index (κ2) is 12.1. The molecule has 0 aliphatic heterocycles. The molecule has 0 bridgehead atoms. The van der Waals surface area contributed by atoms with Gasteiger partial charge in [-0.05, 0) is 92.6 Å². The first-order valence-corrected chi connectivity index (χ1v) is 16.0. The van der Waals surface area contributed by atoms with E-state index in [9.17, 15) is 21.6 Å². The standard InChI is InChI=1S/C29H27Cl2N3O5S2/c1-19-7-13-25(14-8-19)41(38,39)34(28-17-22(30)10-9-20(28)2)18-29(35)32-23-11-15-24(16-12-23)40(36,37)33-27-6-4-5-26(31)21(27)3/h4-17,33H,18H2,1-3H3,(H,32,35). The first-order valence-electron chi connectivity index (χ1n) is 12.3. The Morgan fingerprint density at radius 2 is 1.44 bits per heavy atom. The highest BCUT2D eigenvalue weighted by Crippen LogP contribution is 2.30. The number of hydrogen-bond donors (Lipinski definition) is 2. The summed E-state index contributed by atoms with van der Waals surface area (Å²) in [5.74, 6) is -0.636. The van der Waals surface area contributed by atoms with Gasteiger partial charge in [-0.1, -0.05) is 53.0 Å². The van der Waals surface area contributed by atoms with Crippen molar-refractivity contribution >= 4 is 66.2 Å². The number of carbonyl (C=O) groups excluding carboxylic acids is 1. The van der Waals surface area contributed by atoms with Crippen LogP contribution < -0.4 is 14.3 Å². The second-order valence-corrected chi connectivity index (χ2v) is 13.7. The third-order valence-electron chi connectivity index (χ3n) is 6.30. The molecule has 4 aromatic rings. The van der Waals surface area contributed by atoms with Gasteiger partial charge in [-0.2, -0.15) is 0 Å². The van der Waals surface area contributed by atoms with E-state index in [1.54, 1.807) is 56.3 Å². The number of hydrogen-bond acceptors (Lipinski definition) is 5. The Hall–Kier alpha value is -3.57. The summed E-state index contributed by atoms with van der Waals surface area (Å²) in [6, 6.07) is 21.5. The maximum absolute atomic E-state index is 13.7. The van der Waals surface area contributed by atoms with Crippen molar-refractivity contribution in [3.8, 4) is 0 Å². The largest absolute Gasteiger partial charge is 0.325 e. The van der Waals surface area contributed by atoms with Gasteiger partial charge in [-0.3, -0.25) is 13.8 Å². The summed E-state index contributed by atoms with van der Waals surface area (Å²) in [5.41, 5.74) is 2.97. The van der Waals surface area contributed by atoms with Gasteiger partial charge in [0.05, 0.1) is 21.2 Å². The minimum atomic E-state index is -4.14. The van der Waals surface area contributed by atoms with Crippen molar-refractivity contribution < 1.29 is 21.6 Å². The average Bonchev–Trinajstić information content (AvgIpc) is 2.92. The smallest absolute Gasteiger partial charge is 0.264 e. The van der Waals surface area contributed by atoms with Gasteiger partial charge in [0.2, 0.25) is 5.91 Å². The lowest BCUT2D eigenvalue weighted by Crippen LogP contribution is -2.38. The third kappa shape index (κ3) is 7.02. The molecule has 41 heavy (non-hydrogen) atoms. The SMILES string of the molecule is Cc1ccc(S(=O)(=O)N(CC(=O)Nc2ccc(S(=O)(=O)Nc3cccc(Cl)c3C)cc2)c2cc(Cl)ccc2C)cc1. The second-order valence-electron chi connectivity index (χ2n) is 9.35. The van der Waals surface area contributed by atoms with E-state index in [1.165, 1.54) is 42.5 Å². The molecule has 0 fully saturated rings. The van der Waals surface area contributed by atoms with Crippen LogP contribution in [0, 0.1) is 20.8 Å². The molecule has 4 aromatic carbocycles. The minimum absolute atomic E-state index is 0.0206. The summed E-state index contributed by atoms with van der Waals surface area (Å²) in [5, 5.41) is 3.38. The number of nitrogens with one attached hydrogen (secondary N) is 2. The van der Waals surface area contributed by atoms with Crippen molar-refractivity contribution in [3.05, 3.63) is 112 Å². The first-order chi connectivity index (χ1) is 19.3. The van der Waals surface area contributed by atoms with Gasteiger partial charge in [0, 0.05) is 15.7 Å². The molecule has 0 aliphatic rings. The fourth-order valence-corrected chi connectivity index (χ4v) is 6.90. The maximum Gasteiger partial charge on any atom is 0.264 e. The lowest BCUT2D eigenvalue weighted by atomic mass is 10.2. The van der Waals surface area contributed by atoms with Crippen LogP contribution in [0.3, 0.4) is 0 Å². The first kappa shape index (κ1) is 30.4. The number of carbonyl (C=O) groups is 1. The number of nitrogens with zero attached hydrogens (tertiary/aromatic N) is 1. The molecule has 0 atom stereocenters. The summed E-state index contributed by atoms with van der Waals surface area (Å²) in [6.07, 6.45) is 0. The molecule has 1 amide bonds. The van der Waals surface area contributed by atoms with Crippen molar-refractivity contribution in [2.45, 2.75) is 30.6 Å². The molecule has 2 N–H and O–H groups in total. The Balaban J connectivity index is 1.57. The summed E-state index contributed by atoms with van der Waals surface area (Å²) >= 11 is 12.3. The van der Waals surface area contributed by atoms with Crippen LogP contribution >= 0.6 is 23.2 Å². The van der Waals surface area contributed by atoms with Crippen LogP contribution in [0.25, 0.3) is 0 Å². The lowest BCUT2D eigenvalue weighted by Gasteiger charge is -2.26. The van der Waals surface area contributed by atoms with Crippen molar-refractivity contribution in [2.75, 3.05) is 20.9 Å². The van der Waals surface area contributed by atoms with Gasteiger partial charge in [0.15, 0.2) is 0 Å². The highest BCUT2D eigenvalue weighted by atomic mass is 35.5. The van der Waals surface area contributed by atoms with Crippen molar-refractivity contribution in [3.63, 3.8) is 0 Å². The molecule has 0 radical (unpaired) electrons. The van der Waals surface area contributed by atoms with Crippen LogP contribution in [0.1, 0.15) is 16.7 Å². The van der Waals surface area contributed by atoms with Gasteiger partial charge >= 0.3 is 0 Å². The number of halogens is 2. The molecule has 214 valence electrons. The number of amides is 1. The predicted molar refractivity (Wildman–Crippen MR) is 164 cm³/mol. The fourth-order valence-electron chi connectivity index (χ4n) is 3.96. The molecule has 0 saturated heterocycles. The quantitative estimate of drug-likeness (QED) is 0.217. The molecule has 0 aromatic heterocycles. The Kier molecular flexibility index (Phi) is 8.98. The van der Waals surface area contributed by atoms with Crippen molar-refractivity contribution in [1.29, 1.82) is 0 Å². The average molecular weight is 633 g/mol. The summed E-state index contributed by atoms with van der Waals surface area (Å²) in [7, 11) is -8.08. The molecule has 0 aliphatic carbocycles. The van der Waals surface area contributed by atoms with E-state index in [0.717, 1.165) is 9.87 Å². The van der Waals surface area contributed by atoms with Crippen LogP contribution in [-0.2, 0) is 24.8 Å². The Labute approximate surface area is 250 Å². The predicted octanol–water partition coefficient (Wildman–Crippen LogP) is 6.55. The lowest BCUT2D eigenvalue weighted by molar-refractivity contribution is -0.114. The summed E-state index contributed by atoms with van der Waals surface area (Å²) < 4.78 is 56.6. The zero-order valence-corrected chi connectivity index (χ0v) is 25.5. The number of sulfonamides is 2. The van der Waals surface area contributed by atoms with E-state index in [1.807, 2.05) is 6.92 Å². The van der Waals surface area contributed by atoms with Gasteiger partial charge in [0.1, 0.15) is 6.54 Å². The van der Waals surface area contributed by atoms with Crippen molar-refractivity contribution in [1.82, 2.24) is 0 Å². The number of rotatable bonds is 9. The molecule has 4 rings (SSSR count). The van der Waals surface area contributed by atoms with E-state index in [4.69, 9.17) is 23.2 Å². The van der Waals surface area contributed by atoms with E-state index in [0.29, 0.717) is 26.9 Å². The van der Waals surface area contributed by atoms with E-state index in [2.05, 4.69) is 10.0 Å². The third-order valence-corrected chi connectivity index (χ3v) is 10.1. The number of anilines is 3. The molecule has 8 nitrogen and oxygen atoms in total. The molecular weight excluding hydrogens is 605 g/mol. The molecule has 0 saturated carbocycles. The maximum atomic E-state index is 13.7. The Morgan fingerprint density at radius 3 is 2.10 bits per heavy atom. The summed E-state index contributed by atoms with van der Waals surface area (Å²) in [6.45, 7) is 4.71. The Morgan fingerprint density at radius 1 is 0.805 bits per heavy atom. The molecule has 0 spiro atoms. The monoisotopic (exact) mass is 631 g/mol. The van der Waals surface area contributed by atoms with E-state index >= 15 is 0 Å². The van der Waals surface area contributed by atoms with Crippen LogP contribution in [0.5, 0.6) is 0 Å². The van der Waals surface area contributed by atoms with E-state index in [-0.39, 0.29) is 21.2 Å². The molecule has 12 heteroatoms. The molecule has 0 heterocycles. The normalized spacial score (nSPS) is 11.6. The van der Waals surface area contributed by atoms with Gasteiger partial charge < -0.3 is 5.32 Å². The number of aryl methyl sites for hydroxylation is 2. The molecular formula is C29H27Cl2N3O5S2. The molecule has 0 unspecified atom stereocenters.